The van der Waals surface area contributed by atoms with Crippen molar-refractivity contribution < 1.29 is 4.74 Å². The van der Waals surface area contributed by atoms with E-state index in [4.69, 9.17) is 9.84 Å². The zero-order valence-corrected chi connectivity index (χ0v) is 17.3. The largest absolute Gasteiger partial charge is 0.493 e. The van der Waals surface area contributed by atoms with E-state index in [2.05, 4.69) is 27.4 Å². The summed E-state index contributed by atoms with van der Waals surface area (Å²) in [6.45, 7) is 1.60. The molecular formula is C25H23N5O. The van der Waals surface area contributed by atoms with Gasteiger partial charge in [0.15, 0.2) is 0 Å². The molecule has 1 aromatic carbocycles. The number of ether oxygens (including phenoxy) is 1. The maximum atomic E-state index is 5.90. The van der Waals surface area contributed by atoms with E-state index in [1.807, 2.05) is 72.5 Å². The Balaban J connectivity index is 1.64. The maximum absolute atomic E-state index is 5.90. The Hall–Kier alpha value is -3.77. The third kappa shape index (κ3) is 3.73. The van der Waals surface area contributed by atoms with Gasteiger partial charge < -0.3 is 10.1 Å². The molecule has 0 saturated heterocycles. The molecule has 154 valence electrons. The van der Waals surface area contributed by atoms with E-state index in [1.54, 1.807) is 6.20 Å². The van der Waals surface area contributed by atoms with E-state index in [0.29, 0.717) is 6.61 Å². The predicted molar refractivity (Wildman–Crippen MR) is 123 cm³/mol. The molecule has 1 N–H and O–H groups in total. The second kappa shape index (κ2) is 8.53. The minimum Gasteiger partial charge on any atom is -0.493 e. The van der Waals surface area contributed by atoms with Crippen molar-refractivity contribution in [1.29, 1.82) is 0 Å². The Morgan fingerprint density at radius 3 is 2.77 bits per heavy atom. The van der Waals surface area contributed by atoms with Crippen LogP contribution >= 0.6 is 0 Å². The first-order chi connectivity index (χ1) is 15.3. The highest BCUT2D eigenvalue weighted by Gasteiger charge is 2.19. The Morgan fingerprint density at radius 2 is 1.90 bits per heavy atom. The molecule has 0 aliphatic rings. The maximum Gasteiger partial charge on any atom is 0.121 e. The normalized spacial score (nSPS) is 11.3. The minimum atomic E-state index is 0.671. The molecule has 5 rings (SSSR count). The van der Waals surface area contributed by atoms with Crippen molar-refractivity contribution in [2.24, 2.45) is 0 Å². The second-order valence-corrected chi connectivity index (χ2v) is 7.31. The molecule has 0 aliphatic heterocycles. The van der Waals surface area contributed by atoms with Crippen LogP contribution in [0.4, 0.5) is 0 Å². The number of pyridine rings is 3. The molecule has 5 aromatic rings. The van der Waals surface area contributed by atoms with E-state index in [1.165, 1.54) is 0 Å². The predicted octanol–water partition coefficient (Wildman–Crippen LogP) is 4.60. The Bertz CT molecular complexity index is 1330. The van der Waals surface area contributed by atoms with Gasteiger partial charge in [0.1, 0.15) is 11.4 Å². The summed E-state index contributed by atoms with van der Waals surface area (Å²) in [5.74, 6) is 0.832. The van der Waals surface area contributed by atoms with Gasteiger partial charge in [-0.25, -0.2) is 4.52 Å². The van der Waals surface area contributed by atoms with Crippen LogP contribution in [0.5, 0.6) is 5.75 Å². The van der Waals surface area contributed by atoms with Crippen LogP contribution in [0.2, 0.25) is 0 Å². The molecule has 4 heterocycles. The van der Waals surface area contributed by atoms with Gasteiger partial charge in [-0.1, -0.05) is 12.1 Å². The molecule has 31 heavy (non-hydrogen) atoms. The molecular weight excluding hydrogens is 386 g/mol. The standard InChI is InChI=1S/C25H23N5O/c1-26-12-6-16-31-18-9-10-19-20(11-14-28-22(19)17-18)24-23-8-3-5-15-30(23)29-25(24)21-7-2-4-13-27-21/h2-5,7-11,13-15,17,26H,6,12,16H2,1H3. The third-order valence-corrected chi connectivity index (χ3v) is 5.27. The average Bonchev–Trinajstić information content (AvgIpc) is 3.21. The van der Waals surface area contributed by atoms with Crippen molar-refractivity contribution in [1.82, 2.24) is 24.9 Å². The van der Waals surface area contributed by atoms with Gasteiger partial charge in [-0.05, 0) is 68.0 Å². The molecule has 0 unspecified atom stereocenters. The Labute approximate surface area is 180 Å². The molecule has 0 spiro atoms. The first kappa shape index (κ1) is 19.2. The van der Waals surface area contributed by atoms with Gasteiger partial charge in [-0.15, -0.1) is 0 Å². The summed E-state index contributed by atoms with van der Waals surface area (Å²) >= 11 is 0. The number of rotatable bonds is 7. The third-order valence-electron chi connectivity index (χ3n) is 5.27. The number of fused-ring (bicyclic) bond motifs is 2. The first-order valence-electron chi connectivity index (χ1n) is 10.4. The van der Waals surface area contributed by atoms with Crippen LogP contribution in [-0.4, -0.2) is 39.8 Å². The van der Waals surface area contributed by atoms with E-state index >= 15 is 0 Å². The van der Waals surface area contributed by atoms with Crippen molar-refractivity contribution in [2.45, 2.75) is 6.42 Å². The van der Waals surface area contributed by atoms with Crippen molar-refractivity contribution in [3.8, 4) is 28.3 Å². The van der Waals surface area contributed by atoms with Crippen LogP contribution in [0, 0.1) is 0 Å². The summed E-state index contributed by atoms with van der Waals surface area (Å²) in [7, 11) is 1.95. The summed E-state index contributed by atoms with van der Waals surface area (Å²) < 4.78 is 7.81. The summed E-state index contributed by atoms with van der Waals surface area (Å²) in [6.07, 6.45) is 6.56. The van der Waals surface area contributed by atoms with Gasteiger partial charge in [0, 0.05) is 35.6 Å². The smallest absolute Gasteiger partial charge is 0.121 e. The fourth-order valence-corrected chi connectivity index (χ4v) is 3.82. The lowest BCUT2D eigenvalue weighted by Gasteiger charge is -2.10. The zero-order chi connectivity index (χ0) is 21.0. The monoisotopic (exact) mass is 409 g/mol. The van der Waals surface area contributed by atoms with Crippen LogP contribution in [0.15, 0.2) is 79.3 Å². The van der Waals surface area contributed by atoms with Crippen molar-refractivity contribution in [3.63, 3.8) is 0 Å². The van der Waals surface area contributed by atoms with Gasteiger partial charge in [0.2, 0.25) is 0 Å². The lowest BCUT2D eigenvalue weighted by molar-refractivity contribution is 0.310. The fraction of sp³-hybridized carbons (Fsp3) is 0.160. The minimum absolute atomic E-state index is 0.671. The van der Waals surface area contributed by atoms with Crippen LogP contribution in [-0.2, 0) is 0 Å². The molecule has 4 aromatic heterocycles. The summed E-state index contributed by atoms with van der Waals surface area (Å²) in [5, 5.41) is 9.04. The van der Waals surface area contributed by atoms with E-state index < -0.39 is 0 Å². The number of nitrogens with zero attached hydrogens (tertiary/aromatic N) is 4. The molecule has 6 nitrogen and oxygen atoms in total. The molecule has 0 saturated carbocycles. The van der Waals surface area contributed by atoms with E-state index in [0.717, 1.165) is 57.6 Å². The number of aromatic nitrogens is 4. The van der Waals surface area contributed by atoms with Gasteiger partial charge in [0.05, 0.1) is 23.3 Å². The van der Waals surface area contributed by atoms with Crippen LogP contribution in [0.25, 0.3) is 38.9 Å². The van der Waals surface area contributed by atoms with Gasteiger partial charge >= 0.3 is 0 Å². The molecule has 0 radical (unpaired) electrons. The topological polar surface area (TPSA) is 64.3 Å². The highest BCUT2D eigenvalue weighted by Crippen LogP contribution is 2.38. The van der Waals surface area contributed by atoms with Crippen molar-refractivity contribution >= 4 is 16.4 Å². The van der Waals surface area contributed by atoms with Crippen LogP contribution in [0.3, 0.4) is 0 Å². The first-order valence-corrected chi connectivity index (χ1v) is 10.4. The van der Waals surface area contributed by atoms with E-state index in [9.17, 15) is 0 Å². The number of nitrogens with one attached hydrogen (secondary N) is 1. The fourth-order valence-electron chi connectivity index (χ4n) is 3.82. The zero-order valence-electron chi connectivity index (χ0n) is 17.3. The van der Waals surface area contributed by atoms with Crippen molar-refractivity contribution in [3.05, 3.63) is 79.3 Å². The molecule has 0 aliphatic carbocycles. The summed E-state index contributed by atoms with van der Waals surface area (Å²) in [4.78, 5) is 9.16. The molecule has 0 atom stereocenters. The lowest BCUT2D eigenvalue weighted by Crippen LogP contribution is -2.11. The van der Waals surface area contributed by atoms with E-state index in [-0.39, 0.29) is 0 Å². The Kier molecular flexibility index (Phi) is 5.29. The highest BCUT2D eigenvalue weighted by atomic mass is 16.5. The molecule has 0 fully saturated rings. The average molecular weight is 409 g/mol. The van der Waals surface area contributed by atoms with Crippen LogP contribution in [0.1, 0.15) is 6.42 Å². The van der Waals surface area contributed by atoms with Crippen LogP contribution < -0.4 is 10.1 Å². The Morgan fingerprint density at radius 1 is 0.968 bits per heavy atom. The number of hydrogen-bond acceptors (Lipinski definition) is 5. The van der Waals surface area contributed by atoms with Gasteiger partial charge in [-0.2, -0.15) is 5.10 Å². The number of hydrogen-bond donors (Lipinski definition) is 1. The highest BCUT2D eigenvalue weighted by molar-refractivity contribution is 6.03. The van der Waals surface area contributed by atoms with Crippen molar-refractivity contribution in [2.75, 3.05) is 20.2 Å². The number of benzene rings is 1. The second-order valence-electron chi connectivity index (χ2n) is 7.31. The van der Waals surface area contributed by atoms with Gasteiger partial charge in [-0.3, -0.25) is 9.97 Å². The summed E-state index contributed by atoms with van der Waals surface area (Å²) in [5.41, 5.74) is 5.75. The molecule has 6 heteroatoms. The SMILES string of the molecule is CNCCCOc1ccc2c(-c3c(-c4ccccn4)nn4ccccc34)ccnc2c1. The summed E-state index contributed by atoms with van der Waals surface area (Å²) in [6, 6.07) is 20.1. The quantitative estimate of drug-likeness (QED) is 0.398. The molecule has 0 bridgehead atoms. The molecule has 0 amide bonds. The lowest BCUT2D eigenvalue weighted by atomic mass is 9.98. The van der Waals surface area contributed by atoms with Gasteiger partial charge in [0.25, 0.3) is 0 Å².